The minimum Gasteiger partial charge on any atom is -0.394 e. The summed E-state index contributed by atoms with van der Waals surface area (Å²) in [6.07, 6.45) is 1.05. The lowest BCUT2D eigenvalue weighted by Crippen LogP contribution is -2.39. The van der Waals surface area contributed by atoms with Crippen LogP contribution in [0.5, 0.6) is 0 Å². The summed E-state index contributed by atoms with van der Waals surface area (Å²) in [4.78, 5) is 11.1. The maximum atomic E-state index is 11.1. The first-order valence-electron chi connectivity index (χ1n) is 4.26. The van der Waals surface area contributed by atoms with Crippen LogP contribution >= 0.6 is 0 Å². The van der Waals surface area contributed by atoms with Crippen LogP contribution in [0.2, 0.25) is 0 Å². The fourth-order valence-corrected chi connectivity index (χ4v) is 0.856. The lowest BCUT2D eigenvalue weighted by Gasteiger charge is -2.14. The van der Waals surface area contributed by atoms with E-state index in [-0.39, 0.29) is 24.6 Å². The number of nitrogens with two attached hydrogens (primary N) is 1. The maximum absolute atomic E-state index is 11.1. The van der Waals surface area contributed by atoms with E-state index in [0.29, 0.717) is 6.42 Å². The molecule has 0 saturated heterocycles. The number of amides is 1. The Morgan fingerprint density at radius 1 is 1.67 bits per heavy atom. The van der Waals surface area contributed by atoms with Crippen LogP contribution in [0.4, 0.5) is 0 Å². The Bertz CT molecular complexity index is 133. The zero-order chi connectivity index (χ0) is 9.56. The summed E-state index contributed by atoms with van der Waals surface area (Å²) in [7, 11) is 0. The van der Waals surface area contributed by atoms with Crippen molar-refractivity contribution >= 4 is 5.91 Å². The molecule has 12 heavy (non-hydrogen) atoms. The summed E-state index contributed by atoms with van der Waals surface area (Å²) in [5.41, 5.74) is 5.43. The molecule has 0 bridgehead atoms. The second kappa shape index (κ2) is 5.97. The Morgan fingerprint density at radius 3 is 2.58 bits per heavy atom. The monoisotopic (exact) mass is 174 g/mol. The summed E-state index contributed by atoms with van der Waals surface area (Å²) >= 11 is 0. The van der Waals surface area contributed by atoms with Crippen molar-refractivity contribution in [3.05, 3.63) is 0 Å². The highest BCUT2D eigenvalue weighted by Crippen LogP contribution is 1.92. The third-order valence-corrected chi connectivity index (χ3v) is 1.59. The predicted octanol–water partition coefficient (Wildman–Crippen LogP) is -0.389. The molecule has 0 aromatic heterocycles. The standard InChI is InChI=1S/C8H18N2O2/c1-3-7(5-11)10-8(12)4-6(2)9/h6-7,11H,3-5,9H2,1-2H3,(H,10,12). The number of nitrogens with one attached hydrogen (secondary N) is 1. The molecule has 0 fully saturated rings. The lowest BCUT2D eigenvalue weighted by molar-refractivity contribution is -0.122. The zero-order valence-electron chi connectivity index (χ0n) is 7.71. The Morgan fingerprint density at radius 2 is 2.25 bits per heavy atom. The molecule has 0 aliphatic carbocycles. The highest BCUT2D eigenvalue weighted by molar-refractivity contribution is 5.76. The third kappa shape index (κ3) is 5.09. The Hall–Kier alpha value is -0.610. The first-order valence-corrected chi connectivity index (χ1v) is 4.26. The molecule has 4 heteroatoms. The van der Waals surface area contributed by atoms with E-state index in [1.807, 2.05) is 6.92 Å². The Labute approximate surface area is 73.1 Å². The molecule has 0 radical (unpaired) electrons. The molecule has 0 heterocycles. The number of hydrogen-bond donors (Lipinski definition) is 3. The highest BCUT2D eigenvalue weighted by atomic mass is 16.3. The van der Waals surface area contributed by atoms with Crippen molar-refractivity contribution in [2.45, 2.75) is 38.8 Å². The third-order valence-electron chi connectivity index (χ3n) is 1.59. The van der Waals surface area contributed by atoms with E-state index >= 15 is 0 Å². The van der Waals surface area contributed by atoms with Crippen molar-refractivity contribution in [2.24, 2.45) is 5.73 Å². The van der Waals surface area contributed by atoms with Crippen molar-refractivity contribution < 1.29 is 9.90 Å². The summed E-state index contributed by atoms with van der Waals surface area (Å²) in [5, 5.41) is 11.4. The summed E-state index contributed by atoms with van der Waals surface area (Å²) in [6, 6.07) is -0.252. The van der Waals surface area contributed by atoms with E-state index < -0.39 is 0 Å². The highest BCUT2D eigenvalue weighted by Gasteiger charge is 2.09. The Balaban J connectivity index is 3.66. The molecule has 0 aliphatic rings. The number of rotatable bonds is 5. The molecule has 4 nitrogen and oxygen atoms in total. The minimum atomic E-state index is -0.128. The number of carbonyl (C=O) groups excluding carboxylic acids is 1. The van der Waals surface area contributed by atoms with Gasteiger partial charge in [-0.1, -0.05) is 6.92 Å². The maximum Gasteiger partial charge on any atom is 0.221 e. The van der Waals surface area contributed by atoms with Gasteiger partial charge in [0.25, 0.3) is 0 Å². The van der Waals surface area contributed by atoms with Gasteiger partial charge in [-0.05, 0) is 13.3 Å². The summed E-state index contributed by atoms with van der Waals surface area (Å²) in [5.74, 6) is -0.0918. The van der Waals surface area contributed by atoms with Gasteiger partial charge in [-0.25, -0.2) is 0 Å². The quantitative estimate of drug-likeness (QED) is 0.531. The average Bonchev–Trinajstić information content (AvgIpc) is 1.98. The lowest BCUT2D eigenvalue weighted by atomic mass is 10.2. The van der Waals surface area contributed by atoms with E-state index in [0.717, 1.165) is 6.42 Å². The molecule has 1 amide bonds. The first-order chi connectivity index (χ1) is 5.60. The molecule has 0 aliphatic heterocycles. The van der Waals surface area contributed by atoms with E-state index in [1.165, 1.54) is 0 Å². The molecule has 2 atom stereocenters. The van der Waals surface area contributed by atoms with Crippen LogP contribution in [0.25, 0.3) is 0 Å². The van der Waals surface area contributed by atoms with Gasteiger partial charge in [0.05, 0.1) is 12.6 Å². The van der Waals surface area contributed by atoms with E-state index in [2.05, 4.69) is 5.32 Å². The molecule has 0 spiro atoms. The van der Waals surface area contributed by atoms with Crippen LogP contribution in [0, 0.1) is 0 Å². The van der Waals surface area contributed by atoms with Crippen LogP contribution in [-0.2, 0) is 4.79 Å². The van der Waals surface area contributed by atoms with Crippen LogP contribution < -0.4 is 11.1 Å². The van der Waals surface area contributed by atoms with E-state index in [4.69, 9.17) is 10.8 Å². The van der Waals surface area contributed by atoms with Crippen molar-refractivity contribution in [3.63, 3.8) is 0 Å². The van der Waals surface area contributed by atoms with Gasteiger partial charge in [0, 0.05) is 12.5 Å². The molecule has 0 aromatic rings. The van der Waals surface area contributed by atoms with E-state index in [9.17, 15) is 4.79 Å². The van der Waals surface area contributed by atoms with Gasteiger partial charge in [-0.3, -0.25) is 4.79 Å². The second-order valence-electron chi connectivity index (χ2n) is 3.04. The molecule has 4 N–H and O–H groups in total. The van der Waals surface area contributed by atoms with Gasteiger partial charge in [0.1, 0.15) is 0 Å². The van der Waals surface area contributed by atoms with Crippen molar-refractivity contribution in [3.8, 4) is 0 Å². The van der Waals surface area contributed by atoms with Crippen LogP contribution in [-0.4, -0.2) is 29.7 Å². The van der Waals surface area contributed by atoms with Gasteiger partial charge < -0.3 is 16.2 Å². The van der Waals surface area contributed by atoms with Gasteiger partial charge in [-0.15, -0.1) is 0 Å². The normalized spacial score (nSPS) is 15.3. The average molecular weight is 174 g/mol. The van der Waals surface area contributed by atoms with Gasteiger partial charge in [-0.2, -0.15) is 0 Å². The predicted molar refractivity (Wildman–Crippen MR) is 47.6 cm³/mol. The Kier molecular flexibility index (Phi) is 5.66. The van der Waals surface area contributed by atoms with Crippen molar-refractivity contribution in [1.82, 2.24) is 5.32 Å². The van der Waals surface area contributed by atoms with Gasteiger partial charge in [0.2, 0.25) is 5.91 Å². The molecule has 2 unspecified atom stereocenters. The van der Waals surface area contributed by atoms with Crippen molar-refractivity contribution in [2.75, 3.05) is 6.61 Å². The van der Waals surface area contributed by atoms with Gasteiger partial charge in [0.15, 0.2) is 0 Å². The summed E-state index contributed by atoms with van der Waals surface area (Å²) in [6.45, 7) is 3.67. The number of aliphatic hydroxyl groups is 1. The van der Waals surface area contributed by atoms with Crippen LogP contribution in [0.3, 0.4) is 0 Å². The number of aliphatic hydroxyl groups excluding tert-OH is 1. The fraction of sp³-hybridized carbons (Fsp3) is 0.875. The molecule has 0 aromatic carbocycles. The SMILES string of the molecule is CCC(CO)NC(=O)CC(C)N. The summed E-state index contributed by atoms with van der Waals surface area (Å²) < 4.78 is 0. The molecular weight excluding hydrogens is 156 g/mol. The second-order valence-corrected chi connectivity index (χ2v) is 3.04. The zero-order valence-corrected chi connectivity index (χ0v) is 7.71. The minimum absolute atomic E-state index is 0.0127. The smallest absolute Gasteiger partial charge is 0.221 e. The van der Waals surface area contributed by atoms with Gasteiger partial charge >= 0.3 is 0 Å². The topological polar surface area (TPSA) is 75.3 Å². The van der Waals surface area contributed by atoms with Crippen LogP contribution in [0.1, 0.15) is 26.7 Å². The molecule has 0 saturated carbocycles. The van der Waals surface area contributed by atoms with Crippen molar-refractivity contribution in [1.29, 1.82) is 0 Å². The molecule has 72 valence electrons. The van der Waals surface area contributed by atoms with E-state index in [1.54, 1.807) is 6.92 Å². The molecular formula is C8H18N2O2. The fourth-order valence-electron chi connectivity index (χ4n) is 0.856. The molecule has 0 rings (SSSR count). The van der Waals surface area contributed by atoms with Crippen LogP contribution in [0.15, 0.2) is 0 Å². The number of carbonyl (C=O) groups is 1. The first kappa shape index (κ1) is 11.4. The number of hydrogen-bond acceptors (Lipinski definition) is 3. The largest absolute Gasteiger partial charge is 0.394 e.